The number of rotatable bonds is 3. The zero-order chi connectivity index (χ0) is 25.4. The molecule has 1 saturated heterocycles. The normalized spacial score (nSPS) is 21.9. The number of hydrogen-bond donors (Lipinski definition) is 2. The van der Waals surface area contributed by atoms with Gasteiger partial charge in [-0.15, -0.1) is 0 Å². The highest BCUT2D eigenvalue weighted by Crippen LogP contribution is 2.41. The maximum atomic E-state index is 14.6. The molecule has 0 unspecified atom stereocenters. The van der Waals surface area contributed by atoms with Gasteiger partial charge < -0.3 is 19.5 Å². The monoisotopic (exact) mass is 493 g/mol. The van der Waals surface area contributed by atoms with Crippen LogP contribution in [-0.2, 0) is 34.8 Å². The Bertz CT molecular complexity index is 1490. The molecule has 188 valence electrons. The van der Waals surface area contributed by atoms with Crippen LogP contribution >= 0.6 is 0 Å². The number of hydrogen-bond acceptors (Lipinski definition) is 7. The molecule has 5 heterocycles. The summed E-state index contributed by atoms with van der Waals surface area (Å²) in [6.07, 6.45) is 1.15. The SMILES string of the molecule is CC[C@@]1(O)C(=O)OCc2c1cc1n(c2=O)Cc2c-1nc1cc(F)c(C)cc1c2CN1CCC(O)CC1. The Morgan fingerprint density at radius 1 is 1.19 bits per heavy atom. The summed E-state index contributed by atoms with van der Waals surface area (Å²) in [5, 5.41) is 21.9. The number of carbonyl (C=O) groups is 1. The topological polar surface area (TPSA) is 105 Å². The van der Waals surface area contributed by atoms with Gasteiger partial charge in [0, 0.05) is 42.2 Å². The first-order valence-corrected chi connectivity index (χ1v) is 12.4. The van der Waals surface area contributed by atoms with Gasteiger partial charge in [-0.3, -0.25) is 9.69 Å². The first kappa shape index (κ1) is 23.3. The maximum absolute atomic E-state index is 14.6. The van der Waals surface area contributed by atoms with Crippen LogP contribution < -0.4 is 5.56 Å². The molecule has 0 radical (unpaired) electrons. The molecular weight excluding hydrogens is 465 g/mol. The van der Waals surface area contributed by atoms with Crippen molar-refractivity contribution < 1.29 is 24.1 Å². The van der Waals surface area contributed by atoms with Crippen LogP contribution in [0.2, 0.25) is 0 Å². The van der Waals surface area contributed by atoms with Crippen molar-refractivity contribution in [3.8, 4) is 11.4 Å². The molecule has 3 aliphatic rings. The largest absolute Gasteiger partial charge is 0.458 e. The predicted octanol–water partition coefficient (Wildman–Crippen LogP) is 2.48. The Kier molecular flexibility index (Phi) is 5.30. The average molecular weight is 494 g/mol. The summed E-state index contributed by atoms with van der Waals surface area (Å²) >= 11 is 0. The molecule has 2 N–H and O–H groups in total. The number of likely N-dealkylation sites (tertiary alicyclic amines) is 1. The van der Waals surface area contributed by atoms with E-state index in [-0.39, 0.29) is 41.6 Å². The number of aliphatic hydroxyl groups is 2. The molecule has 36 heavy (non-hydrogen) atoms. The van der Waals surface area contributed by atoms with Crippen molar-refractivity contribution in [2.75, 3.05) is 13.1 Å². The van der Waals surface area contributed by atoms with E-state index in [4.69, 9.17) is 9.72 Å². The predicted molar refractivity (Wildman–Crippen MR) is 130 cm³/mol. The lowest BCUT2D eigenvalue weighted by Gasteiger charge is -2.31. The quantitative estimate of drug-likeness (QED) is 0.423. The Morgan fingerprint density at radius 3 is 2.67 bits per heavy atom. The number of benzene rings is 1. The molecule has 2 aromatic heterocycles. The van der Waals surface area contributed by atoms with Gasteiger partial charge in [0.05, 0.1) is 35.1 Å². The zero-order valence-electron chi connectivity index (χ0n) is 20.3. The second-order valence-electron chi connectivity index (χ2n) is 10.1. The van der Waals surface area contributed by atoms with Crippen LogP contribution in [0.3, 0.4) is 0 Å². The van der Waals surface area contributed by atoms with Gasteiger partial charge in [-0.1, -0.05) is 6.92 Å². The van der Waals surface area contributed by atoms with E-state index in [0.29, 0.717) is 48.4 Å². The number of ether oxygens (including phenoxy) is 1. The fourth-order valence-corrected chi connectivity index (χ4v) is 5.77. The summed E-state index contributed by atoms with van der Waals surface area (Å²) in [5.41, 5.74) is 2.26. The summed E-state index contributed by atoms with van der Waals surface area (Å²) < 4.78 is 21.4. The molecule has 0 amide bonds. The lowest BCUT2D eigenvalue weighted by Crippen LogP contribution is -2.44. The van der Waals surface area contributed by atoms with Crippen LogP contribution in [-0.4, -0.2) is 49.8 Å². The molecule has 0 aliphatic carbocycles. The van der Waals surface area contributed by atoms with E-state index in [2.05, 4.69) is 4.90 Å². The molecule has 6 rings (SSSR count). The minimum absolute atomic E-state index is 0.0658. The molecule has 3 aromatic rings. The van der Waals surface area contributed by atoms with E-state index in [0.717, 1.165) is 29.6 Å². The first-order chi connectivity index (χ1) is 17.2. The van der Waals surface area contributed by atoms with Crippen LogP contribution in [0.1, 0.15) is 54.0 Å². The van der Waals surface area contributed by atoms with Crippen LogP contribution in [0.25, 0.3) is 22.3 Å². The van der Waals surface area contributed by atoms with E-state index in [1.54, 1.807) is 24.5 Å². The summed E-state index contributed by atoms with van der Waals surface area (Å²) in [6.45, 7) is 5.56. The minimum atomic E-state index is -1.90. The van der Waals surface area contributed by atoms with E-state index in [1.807, 2.05) is 6.07 Å². The first-order valence-electron chi connectivity index (χ1n) is 12.4. The summed E-state index contributed by atoms with van der Waals surface area (Å²) in [4.78, 5) is 33.1. The fraction of sp³-hybridized carbons (Fsp3) is 0.444. The van der Waals surface area contributed by atoms with Gasteiger partial charge in [0.2, 0.25) is 0 Å². The summed E-state index contributed by atoms with van der Waals surface area (Å²) in [7, 11) is 0. The van der Waals surface area contributed by atoms with E-state index in [1.165, 1.54) is 6.07 Å². The molecule has 9 heteroatoms. The molecular formula is C27H28FN3O5. The van der Waals surface area contributed by atoms with Gasteiger partial charge in [-0.25, -0.2) is 14.2 Å². The van der Waals surface area contributed by atoms with Crippen molar-refractivity contribution in [2.24, 2.45) is 0 Å². The van der Waals surface area contributed by atoms with Crippen molar-refractivity contribution in [1.82, 2.24) is 14.5 Å². The van der Waals surface area contributed by atoms with Crippen LogP contribution in [0, 0.1) is 12.7 Å². The van der Waals surface area contributed by atoms with Gasteiger partial charge in [-0.2, -0.15) is 0 Å². The van der Waals surface area contributed by atoms with Crippen LogP contribution in [0.15, 0.2) is 23.0 Å². The lowest BCUT2D eigenvalue weighted by molar-refractivity contribution is -0.172. The standard InChI is InChI=1S/C27H28FN3O5/c1-3-27(35)20-9-23-24-18(12-31(23)25(33)19(20)13-36-26(27)34)17(11-30-6-4-15(32)5-7-30)16-8-14(2)21(28)10-22(16)29-24/h8-10,15,32,35H,3-7,11-13H2,1-2H3/t27-/m0/s1. The maximum Gasteiger partial charge on any atom is 0.343 e. The van der Waals surface area contributed by atoms with E-state index >= 15 is 0 Å². The Balaban J connectivity index is 1.57. The number of esters is 1. The van der Waals surface area contributed by atoms with Gasteiger partial charge in [0.25, 0.3) is 5.56 Å². The number of halogens is 1. The highest BCUT2D eigenvalue weighted by Gasteiger charge is 2.45. The van der Waals surface area contributed by atoms with Crippen molar-refractivity contribution in [2.45, 2.75) is 64.5 Å². The number of carbonyl (C=O) groups excluding carboxylic acids is 1. The summed E-state index contributed by atoms with van der Waals surface area (Å²) in [6, 6.07) is 4.91. The van der Waals surface area contributed by atoms with E-state index < -0.39 is 11.6 Å². The van der Waals surface area contributed by atoms with Gasteiger partial charge in [0.15, 0.2) is 5.60 Å². The van der Waals surface area contributed by atoms with Gasteiger partial charge in [0.1, 0.15) is 12.4 Å². The number of aliphatic hydroxyl groups excluding tert-OH is 1. The molecule has 0 spiro atoms. The minimum Gasteiger partial charge on any atom is -0.458 e. The number of fused-ring (bicyclic) bond motifs is 5. The zero-order valence-corrected chi connectivity index (χ0v) is 20.3. The Morgan fingerprint density at radius 2 is 1.94 bits per heavy atom. The molecule has 0 bridgehead atoms. The van der Waals surface area contributed by atoms with Crippen molar-refractivity contribution in [3.05, 3.63) is 62.2 Å². The molecule has 0 saturated carbocycles. The van der Waals surface area contributed by atoms with E-state index in [9.17, 15) is 24.2 Å². The lowest BCUT2D eigenvalue weighted by atomic mass is 9.86. The van der Waals surface area contributed by atoms with Crippen molar-refractivity contribution in [3.63, 3.8) is 0 Å². The smallest absolute Gasteiger partial charge is 0.343 e. The second kappa shape index (κ2) is 8.19. The second-order valence-corrected chi connectivity index (χ2v) is 10.1. The van der Waals surface area contributed by atoms with Crippen molar-refractivity contribution >= 4 is 16.9 Å². The Hall–Kier alpha value is -3.14. The number of pyridine rings is 2. The number of aryl methyl sites for hydroxylation is 1. The molecule has 3 aliphatic heterocycles. The molecule has 1 atom stereocenters. The van der Waals surface area contributed by atoms with Crippen LogP contribution in [0.5, 0.6) is 0 Å². The average Bonchev–Trinajstić information content (AvgIpc) is 3.23. The number of nitrogens with zero attached hydrogens (tertiary/aromatic N) is 3. The number of cyclic esters (lactones) is 1. The van der Waals surface area contributed by atoms with Gasteiger partial charge in [-0.05, 0) is 49.4 Å². The number of piperidine rings is 1. The van der Waals surface area contributed by atoms with Crippen molar-refractivity contribution in [1.29, 1.82) is 0 Å². The molecule has 1 fully saturated rings. The third-order valence-corrected chi connectivity index (χ3v) is 8.02. The highest BCUT2D eigenvalue weighted by atomic mass is 19.1. The van der Waals surface area contributed by atoms with Gasteiger partial charge >= 0.3 is 5.97 Å². The third kappa shape index (κ3) is 3.33. The molecule has 8 nitrogen and oxygen atoms in total. The summed E-state index contributed by atoms with van der Waals surface area (Å²) in [5.74, 6) is -1.12. The third-order valence-electron chi connectivity index (χ3n) is 8.02. The fourth-order valence-electron chi connectivity index (χ4n) is 5.77. The Labute approximate surface area is 206 Å². The highest BCUT2D eigenvalue weighted by molar-refractivity contribution is 5.89. The van der Waals surface area contributed by atoms with Crippen LogP contribution in [0.4, 0.5) is 4.39 Å². The number of aromatic nitrogens is 2. The molecule has 1 aromatic carbocycles.